The summed E-state index contributed by atoms with van der Waals surface area (Å²) in [7, 11) is 3.36. The highest BCUT2D eigenvalue weighted by Gasteiger charge is 2.31. The Bertz CT molecular complexity index is 398. The average molecular weight is 222 g/mol. The third kappa shape index (κ3) is 1.84. The standard InChI is InChI=1S/C12H18N2O2/c1-8-4-5-9(6-8)12(15)11-10(16-3)7-13-14(11)2/h7-9H,4-6H2,1-3H3. The lowest BCUT2D eigenvalue weighted by Gasteiger charge is -2.10. The van der Waals surface area contributed by atoms with E-state index in [1.165, 1.54) is 0 Å². The van der Waals surface area contributed by atoms with Crippen LogP contribution < -0.4 is 4.74 Å². The van der Waals surface area contributed by atoms with Crippen molar-refractivity contribution in [1.29, 1.82) is 0 Å². The minimum Gasteiger partial charge on any atom is -0.493 e. The van der Waals surface area contributed by atoms with E-state index in [2.05, 4.69) is 12.0 Å². The second-order valence-electron chi connectivity index (χ2n) is 4.66. The molecule has 1 aromatic heterocycles. The molecule has 16 heavy (non-hydrogen) atoms. The van der Waals surface area contributed by atoms with E-state index in [0.29, 0.717) is 17.4 Å². The number of hydrogen-bond acceptors (Lipinski definition) is 3. The molecular formula is C12H18N2O2. The van der Waals surface area contributed by atoms with E-state index in [1.807, 2.05) is 0 Å². The zero-order chi connectivity index (χ0) is 11.7. The first-order valence-corrected chi connectivity index (χ1v) is 5.73. The van der Waals surface area contributed by atoms with Crippen molar-refractivity contribution < 1.29 is 9.53 Å². The molecule has 1 aliphatic rings. The van der Waals surface area contributed by atoms with Crippen LogP contribution in [0.2, 0.25) is 0 Å². The molecule has 0 aliphatic heterocycles. The molecule has 0 aromatic carbocycles. The molecule has 1 heterocycles. The van der Waals surface area contributed by atoms with Gasteiger partial charge in [-0.3, -0.25) is 9.48 Å². The zero-order valence-electron chi connectivity index (χ0n) is 10.1. The highest BCUT2D eigenvalue weighted by Crippen LogP contribution is 2.34. The molecular weight excluding hydrogens is 204 g/mol. The Kier molecular flexibility index (Phi) is 2.99. The number of aromatic nitrogens is 2. The predicted octanol–water partition coefficient (Wildman–Crippen LogP) is 2.05. The van der Waals surface area contributed by atoms with Gasteiger partial charge < -0.3 is 4.74 Å². The summed E-state index contributed by atoms with van der Waals surface area (Å²) in [6.45, 7) is 2.20. The van der Waals surface area contributed by atoms with Crippen LogP contribution in [0.4, 0.5) is 0 Å². The van der Waals surface area contributed by atoms with Gasteiger partial charge in [-0.1, -0.05) is 6.92 Å². The number of hydrogen-bond donors (Lipinski definition) is 0. The molecule has 0 bridgehead atoms. The van der Waals surface area contributed by atoms with Gasteiger partial charge in [0.25, 0.3) is 0 Å². The third-order valence-corrected chi connectivity index (χ3v) is 3.42. The Hall–Kier alpha value is -1.32. The summed E-state index contributed by atoms with van der Waals surface area (Å²) < 4.78 is 6.78. The number of Topliss-reactive ketones (excluding diaryl/α,β-unsaturated/α-hetero) is 1. The average Bonchev–Trinajstić information content (AvgIpc) is 2.83. The zero-order valence-corrected chi connectivity index (χ0v) is 10.1. The number of carbonyl (C=O) groups is 1. The van der Waals surface area contributed by atoms with Crippen molar-refractivity contribution in [3.63, 3.8) is 0 Å². The maximum absolute atomic E-state index is 12.3. The van der Waals surface area contributed by atoms with Crippen LogP contribution in [0.5, 0.6) is 5.75 Å². The van der Waals surface area contributed by atoms with Crippen LogP contribution in [0.15, 0.2) is 6.20 Å². The Morgan fingerprint density at radius 3 is 2.88 bits per heavy atom. The summed E-state index contributed by atoms with van der Waals surface area (Å²) in [5, 5.41) is 4.07. The SMILES string of the molecule is COc1cnn(C)c1C(=O)C1CCC(C)C1. The van der Waals surface area contributed by atoms with Crippen molar-refractivity contribution in [2.75, 3.05) is 7.11 Å². The summed E-state index contributed by atoms with van der Waals surface area (Å²) in [5.74, 6) is 1.58. The van der Waals surface area contributed by atoms with E-state index >= 15 is 0 Å². The monoisotopic (exact) mass is 222 g/mol. The van der Waals surface area contributed by atoms with Crippen molar-refractivity contribution in [3.05, 3.63) is 11.9 Å². The molecule has 1 aliphatic carbocycles. The lowest BCUT2D eigenvalue weighted by molar-refractivity contribution is 0.0907. The maximum atomic E-state index is 12.3. The van der Waals surface area contributed by atoms with Gasteiger partial charge in [-0.15, -0.1) is 0 Å². The first-order valence-electron chi connectivity index (χ1n) is 5.73. The molecule has 0 amide bonds. The van der Waals surface area contributed by atoms with Crippen molar-refractivity contribution in [1.82, 2.24) is 9.78 Å². The summed E-state index contributed by atoms with van der Waals surface area (Å²) in [4.78, 5) is 12.3. The van der Waals surface area contributed by atoms with Crippen molar-refractivity contribution >= 4 is 5.78 Å². The van der Waals surface area contributed by atoms with Gasteiger partial charge in [0.2, 0.25) is 0 Å². The van der Waals surface area contributed by atoms with Crippen LogP contribution in [0.1, 0.15) is 36.7 Å². The second-order valence-corrected chi connectivity index (χ2v) is 4.66. The van der Waals surface area contributed by atoms with E-state index in [1.54, 1.807) is 25.0 Å². The minimum atomic E-state index is 0.152. The molecule has 2 atom stereocenters. The van der Waals surface area contributed by atoms with Gasteiger partial charge in [-0.2, -0.15) is 5.10 Å². The molecule has 0 saturated heterocycles. The molecule has 4 heteroatoms. The smallest absolute Gasteiger partial charge is 0.187 e. The Labute approximate surface area is 95.6 Å². The molecule has 0 spiro atoms. The van der Waals surface area contributed by atoms with Gasteiger partial charge in [-0.25, -0.2) is 0 Å². The van der Waals surface area contributed by atoms with Gasteiger partial charge >= 0.3 is 0 Å². The maximum Gasteiger partial charge on any atom is 0.187 e. The number of aryl methyl sites for hydroxylation is 1. The number of ketones is 1. The van der Waals surface area contributed by atoms with Gasteiger partial charge in [-0.05, 0) is 25.2 Å². The minimum absolute atomic E-state index is 0.152. The molecule has 1 saturated carbocycles. The lowest BCUT2D eigenvalue weighted by Crippen LogP contribution is -2.16. The largest absolute Gasteiger partial charge is 0.493 e. The van der Waals surface area contributed by atoms with Gasteiger partial charge in [0.15, 0.2) is 11.5 Å². The van der Waals surface area contributed by atoms with Crippen molar-refractivity contribution in [3.8, 4) is 5.75 Å². The fourth-order valence-electron chi connectivity index (χ4n) is 2.49. The first kappa shape index (κ1) is 11.2. The summed E-state index contributed by atoms with van der Waals surface area (Å²) >= 11 is 0. The van der Waals surface area contributed by atoms with Gasteiger partial charge in [0.1, 0.15) is 5.69 Å². The number of methoxy groups -OCH3 is 1. The first-order chi connectivity index (χ1) is 7.63. The van der Waals surface area contributed by atoms with Crippen LogP contribution in [-0.4, -0.2) is 22.7 Å². The number of nitrogens with zero attached hydrogens (tertiary/aromatic N) is 2. The highest BCUT2D eigenvalue weighted by molar-refractivity contribution is 5.98. The fraction of sp³-hybridized carbons (Fsp3) is 0.667. The van der Waals surface area contributed by atoms with Gasteiger partial charge in [0.05, 0.1) is 13.3 Å². The molecule has 0 N–H and O–H groups in total. The molecule has 88 valence electrons. The van der Waals surface area contributed by atoms with Crippen LogP contribution >= 0.6 is 0 Å². The van der Waals surface area contributed by atoms with Crippen LogP contribution in [-0.2, 0) is 7.05 Å². The van der Waals surface area contributed by atoms with E-state index < -0.39 is 0 Å². The fourth-order valence-corrected chi connectivity index (χ4v) is 2.49. The van der Waals surface area contributed by atoms with Crippen LogP contribution in [0.3, 0.4) is 0 Å². The Morgan fingerprint density at radius 2 is 2.31 bits per heavy atom. The molecule has 4 nitrogen and oxygen atoms in total. The topological polar surface area (TPSA) is 44.1 Å². The van der Waals surface area contributed by atoms with Crippen LogP contribution in [0, 0.1) is 11.8 Å². The summed E-state index contributed by atoms with van der Waals surface area (Å²) in [6.07, 6.45) is 4.74. The number of carbonyl (C=O) groups excluding carboxylic acids is 1. The quantitative estimate of drug-likeness (QED) is 0.735. The molecule has 2 rings (SSSR count). The van der Waals surface area contributed by atoms with Crippen molar-refractivity contribution in [2.24, 2.45) is 18.9 Å². The molecule has 0 radical (unpaired) electrons. The predicted molar refractivity (Wildman–Crippen MR) is 60.6 cm³/mol. The van der Waals surface area contributed by atoms with Crippen LogP contribution in [0.25, 0.3) is 0 Å². The molecule has 1 aromatic rings. The van der Waals surface area contributed by atoms with E-state index in [4.69, 9.17) is 4.74 Å². The number of rotatable bonds is 3. The second kappa shape index (κ2) is 4.28. The Morgan fingerprint density at radius 1 is 1.56 bits per heavy atom. The Balaban J connectivity index is 2.23. The third-order valence-electron chi connectivity index (χ3n) is 3.42. The summed E-state index contributed by atoms with van der Waals surface area (Å²) in [5.41, 5.74) is 0.613. The highest BCUT2D eigenvalue weighted by atomic mass is 16.5. The van der Waals surface area contributed by atoms with E-state index in [0.717, 1.165) is 19.3 Å². The van der Waals surface area contributed by atoms with E-state index in [9.17, 15) is 4.79 Å². The molecule has 1 fully saturated rings. The normalized spacial score (nSPS) is 24.7. The number of ether oxygens (including phenoxy) is 1. The van der Waals surface area contributed by atoms with Crippen molar-refractivity contribution in [2.45, 2.75) is 26.2 Å². The van der Waals surface area contributed by atoms with Gasteiger partial charge in [0, 0.05) is 13.0 Å². The lowest BCUT2D eigenvalue weighted by atomic mass is 9.98. The summed E-state index contributed by atoms with van der Waals surface area (Å²) in [6, 6.07) is 0. The van der Waals surface area contributed by atoms with E-state index in [-0.39, 0.29) is 11.7 Å². The molecule has 2 unspecified atom stereocenters.